The summed E-state index contributed by atoms with van der Waals surface area (Å²) in [4.78, 5) is 25.5. The van der Waals surface area contributed by atoms with E-state index in [4.69, 9.17) is 5.26 Å². The van der Waals surface area contributed by atoms with Crippen LogP contribution in [-0.2, 0) is 17.9 Å². The summed E-state index contributed by atoms with van der Waals surface area (Å²) >= 11 is 0. The second kappa shape index (κ2) is 8.32. The number of likely N-dealkylation sites (tertiary alicyclic amines) is 1. The molecule has 0 radical (unpaired) electrons. The van der Waals surface area contributed by atoms with Crippen molar-refractivity contribution in [3.8, 4) is 6.07 Å². The first-order valence-corrected chi connectivity index (χ1v) is 8.65. The number of halogens is 1. The normalized spacial score (nSPS) is 13.3. The third kappa shape index (κ3) is 4.82. The second-order valence-electron chi connectivity index (χ2n) is 6.34. The Hall–Kier alpha value is -3.40. The fourth-order valence-electron chi connectivity index (χ4n) is 2.92. The Morgan fingerprint density at radius 3 is 2.59 bits per heavy atom. The number of hydrogen-bond donors (Lipinski definition) is 2. The van der Waals surface area contributed by atoms with Crippen LogP contribution >= 0.6 is 0 Å². The van der Waals surface area contributed by atoms with Crippen molar-refractivity contribution < 1.29 is 14.0 Å². The van der Waals surface area contributed by atoms with Gasteiger partial charge in [-0.3, -0.25) is 4.79 Å². The van der Waals surface area contributed by atoms with Gasteiger partial charge in [0.2, 0.25) is 5.91 Å². The molecule has 1 heterocycles. The van der Waals surface area contributed by atoms with Crippen molar-refractivity contribution in [2.24, 2.45) is 0 Å². The molecule has 6 nitrogen and oxygen atoms in total. The summed E-state index contributed by atoms with van der Waals surface area (Å²) in [5, 5.41) is 14.2. The van der Waals surface area contributed by atoms with Crippen LogP contribution in [0.5, 0.6) is 0 Å². The van der Waals surface area contributed by atoms with Gasteiger partial charge in [-0.25, -0.2) is 9.18 Å². The number of nitrogens with zero attached hydrogens (tertiary/aromatic N) is 2. The summed E-state index contributed by atoms with van der Waals surface area (Å²) in [6.45, 7) is 1.71. The van der Waals surface area contributed by atoms with E-state index in [1.54, 1.807) is 0 Å². The number of nitrogens with one attached hydrogen (secondary N) is 2. The van der Waals surface area contributed by atoms with E-state index >= 15 is 0 Å². The van der Waals surface area contributed by atoms with Crippen LogP contribution in [0.25, 0.3) is 0 Å². The van der Waals surface area contributed by atoms with Gasteiger partial charge >= 0.3 is 6.03 Å². The molecule has 27 heavy (non-hydrogen) atoms. The van der Waals surface area contributed by atoms with Crippen molar-refractivity contribution in [2.75, 3.05) is 11.9 Å². The number of amides is 3. The van der Waals surface area contributed by atoms with Crippen LogP contribution in [0.4, 0.5) is 14.9 Å². The third-order valence-electron chi connectivity index (χ3n) is 4.37. The first-order chi connectivity index (χ1) is 13.0. The molecular weight excluding hydrogens is 347 g/mol. The summed E-state index contributed by atoms with van der Waals surface area (Å²) in [6, 6.07) is 12.6. The molecule has 3 rings (SSSR count). The van der Waals surface area contributed by atoms with E-state index in [1.807, 2.05) is 35.2 Å². The van der Waals surface area contributed by atoms with Gasteiger partial charge in [-0.05, 0) is 35.7 Å². The van der Waals surface area contributed by atoms with Crippen molar-refractivity contribution in [3.63, 3.8) is 0 Å². The molecule has 3 amide bonds. The predicted octanol–water partition coefficient (Wildman–Crippen LogP) is 3.14. The van der Waals surface area contributed by atoms with Gasteiger partial charge in [-0.2, -0.15) is 5.26 Å². The number of carbonyl (C=O) groups is 2. The van der Waals surface area contributed by atoms with Crippen molar-refractivity contribution in [2.45, 2.75) is 25.9 Å². The lowest BCUT2D eigenvalue weighted by Gasteiger charge is -2.15. The largest absolute Gasteiger partial charge is 0.338 e. The Labute approximate surface area is 156 Å². The lowest BCUT2D eigenvalue weighted by Crippen LogP contribution is -2.28. The standard InChI is InChI=1S/C20H19FN4O2/c21-17-7-8-18(16(10-17)11-22)24-20(27)23-12-14-3-5-15(6-4-14)13-25-9-1-2-19(25)26/h3-8,10H,1-2,9,12-13H2,(H2,23,24,27). The number of nitriles is 1. The number of anilines is 1. The van der Waals surface area contributed by atoms with Crippen LogP contribution in [0.15, 0.2) is 42.5 Å². The monoisotopic (exact) mass is 366 g/mol. The first kappa shape index (κ1) is 18.4. The Morgan fingerprint density at radius 2 is 1.93 bits per heavy atom. The number of hydrogen-bond acceptors (Lipinski definition) is 3. The lowest BCUT2D eigenvalue weighted by molar-refractivity contribution is -0.128. The first-order valence-electron chi connectivity index (χ1n) is 8.65. The molecule has 1 fully saturated rings. The van der Waals surface area contributed by atoms with Crippen LogP contribution in [0.2, 0.25) is 0 Å². The SMILES string of the molecule is N#Cc1cc(F)ccc1NC(=O)NCc1ccc(CN2CCCC2=O)cc1. The second-order valence-corrected chi connectivity index (χ2v) is 6.34. The van der Waals surface area contributed by atoms with E-state index < -0.39 is 11.8 Å². The number of carbonyl (C=O) groups excluding carboxylic acids is 2. The molecule has 1 aliphatic rings. The van der Waals surface area contributed by atoms with E-state index in [-0.39, 0.29) is 17.2 Å². The molecule has 7 heteroatoms. The molecule has 1 aliphatic heterocycles. The van der Waals surface area contributed by atoms with Gasteiger partial charge in [-0.1, -0.05) is 24.3 Å². The van der Waals surface area contributed by atoms with E-state index in [1.165, 1.54) is 12.1 Å². The minimum Gasteiger partial charge on any atom is -0.338 e. The van der Waals surface area contributed by atoms with Crippen LogP contribution in [0.1, 0.15) is 29.5 Å². The molecule has 0 unspecified atom stereocenters. The lowest BCUT2D eigenvalue weighted by atomic mass is 10.1. The fourth-order valence-corrected chi connectivity index (χ4v) is 2.92. The molecule has 0 aromatic heterocycles. The zero-order valence-electron chi connectivity index (χ0n) is 14.7. The molecule has 2 N–H and O–H groups in total. The van der Waals surface area contributed by atoms with Gasteiger partial charge in [0.05, 0.1) is 11.3 Å². The van der Waals surface area contributed by atoms with Gasteiger partial charge in [0.25, 0.3) is 0 Å². The maximum Gasteiger partial charge on any atom is 0.319 e. The average Bonchev–Trinajstić information content (AvgIpc) is 3.07. The van der Waals surface area contributed by atoms with E-state index in [0.717, 1.165) is 30.2 Å². The molecule has 1 saturated heterocycles. The Kier molecular flexibility index (Phi) is 5.67. The van der Waals surface area contributed by atoms with Gasteiger partial charge in [-0.15, -0.1) is 0 Å². The summed E-state index contributed by atoms with van der Waals surface area (Å²) in [7, 11) is 0. The van der Waals surface area contributed by atoms with Crippen molar-refractivity contribution in [1.29, 1.82) is 5.26 Å². The van der Waals surface area contributed by atoms with Crippen LogP contribution in [0, 0.1) is 17.1 Å². The highest BCUT2D eigenvalue weighted by Gasteiger charge is 2.19. The summed E-state index contributed by atoms with van der Waals surface area (Å²) in [5.41, 5.74) is 2.26. The minimum atomic E-state index is -0.534. The Balaban J connectivity index is 1.52. The summed E-state index contributed by atoms with van der Waals surface area (Å²) in [5.74, 6) is -0.344. The molecule has 0 aliphatic carbocycles. The zero-order valence-corrected chi connectivity index (χ0v) is 14.7. The average molecular weight is 366 g/mol. The summed E-state index contributed by atoms with van der Waals surface area (Å²) < 4.78 is 13.1. The maximum absolute atomic E-state index is 13.1. The fraction of sp³-hybridized carbons (Fsp3) is 0.250. The Morgan fingerprint density at radius 1 is 1.19 bits per heavy atom. The number of rotatable bonds is 5. The van der Waals surface area contributed by atoms with Gasteiger partial charge < -0.3 is 15.5 Å². The van der Waals surface area contributed by atoms with Gasteiger partial charge in [0.1, 0.15) is 11.9 Å². The molecular formula is C20H19FN4O2. The van der Waals surface area contributed by atoms with Gasteiger partial charge in [0, 0.05) is 26.1 Å². The van der Waals surface area contributed by atoms with Gasteiger partial charge in [0.15, 0.2) is 0 Å². The highest BCUT2D eigenvalue weighted by Crippen LogP contribution is 2.16. The van der Waals surface area contributed by atoms with Crippen molar-refractivity contribution in [1.82, 2.24) is 10.2 Å². The molecule has 0 spiro atoms. The van der Waals surface area contributed by atoms with Crippen molar-refractivity contribution in [3.05, 3.63) is 65.0 Å². The Bertz CT molecular complexity index is 890. The number of urea groups is 1. The molecule has 138 valence electrons. The minimum absolute atomic E-state index is 0.0611. The smallest absolute Gasteiger partial charge is 0.319 e. The van der Waals surface area contributed by atoms with E-state index in [2.05, 4.69) is 10.6 Å². The van der Waals surface area contributed by atoms with E-state index in [9.17, 15) is 14.0 Å². The highest BCUT2D eigenvalue weighted by atomic mass is 19.1. The number of benzene rings is 2. The van der Waals surface area contributed by atoms with Crippen LogP contribution in [-0.4, -0.2) is 23.4 Å². The van der Waals surface area contributed by atoms with E-state index in [0.29, 0.717) is 19.5 Å². The molecule has 0 bridgehead atoms. The van der Waals surface area contributed by atoms with Crippen LogP contribution < -0.4 is 10.6 Å². The highest BCUT2D eigenvalue weighted by molar-refractivity contribution is 5.90. The summed E-state index contributed by atoms with van der Waals surface area (Å²) in [6.07, 6.45) is 1.54. The zero-order chi connectivity index (χ0) is 19.2. The maximum atomic E-state index is 13.1. The van der Waals surface area contributed by atoms with Crippen molar-refractivity contribution >= 4 is 17.6 Å². The third-order valence-corrected chi connectivity index (χ3v) is 4.37. The molecule has 0 saturated carbocycles. The predicted molar refractivity (Wildman–Crippen MR) is 98.1 cm³/mol. The molecule has 2 aromatic rings. The topological polar surface area (TPSA) is 85.2 Å². The molecule has 2 aromatic carbocycles. The quantitative estimate of drug-likeness (QED) is 0.852. The molecule has 0 atom stereocenters. The van der Waals surface area contributed by atoms with Crippen LogP contribution in [0.3, 0.4) is 0 Å².